The number of nitrogens with zero attached hydrogens (tertiary/aromatic N) is 2. The van der Waals surface area contributed by atoms with E-state index in [0.717, 1.165) is 23.6 Å². The van der Waals surface area contributed by atoms with Crippen molar-refractivity contribution in [1.29, 1.82) is 0 Å². The topological polar surface area (TPSA) is 51.8 Å². The van der Waals surface area contributed by atoms with Gasteiger partial charge in [0.2, 0.25) is 0 Å². The molecule has 1 aromatic heterocycles. The summed E-state index contributed by atoms with van der Waals surface area (Å²) in [6.45, 7) is 8.81. The van der Waals surface area contributed by atoms with E-state index in [1.165, 1.54) is 0 Å². The molecule has 0 aliphatic carbocycles. The van der Waals surface area contributed by atoms with Crippen LogP contribution in [0.2, 0.25) is 0 Å². The zero-order valence-corrected chi connectivity index (χ0v) is 9.46. The van der Waals surface area contributed by atoms with Gasteiger partial charge in [-0.05, 0) is 19.4 Å². The minimum atomic E-state index is -0.129. The van der Waals surface area contributed by atoms with Crippen molar-refractivity contribution in [3.05, 3.63) is 23.3 Å². The SMILES string of the molecule is CCc1cc(C)nc(C(C)(C)CN)n1. The number of rotatable bonds is 3. The van der Waals surface area contributed by atoms with Crippen molar-refractivity contribution < 1.29 is 0 Å². The summed E-state index contributed by atoms with van der Waals surface area (Å²) in [6.07, 6.45) is 0.941. The van der Waals surface area contributed by atoms with Crippen LogP contribution >= 0.6 is 0 Å². The summed E-state index contributed by atoms with van der Waals surface area (Å²) in [5.74, 6) is 0.858. The molecule has 0 aliphatic rings. The third-order valence-corrected chi connectivity index (χ3v) is 2.39. The monoisotopic (exact) mass is 193 g/mol. The summed E-state index contributed by atoms with van der Waals surface area (Å²) in [5, 5.41) is 0. The first-order valence-electron chi connectivity index (χ1n) is 5.04. The van der Waals surface area contributed by atoms with E-state index in [1.807, 2.05) is 13.0 Å². The van der Waals surface area contributed by atoms with Crippen molar-refractivity contribution in [1.82, 2.24) is 9.97 Å². The maximum atomic E-state index is 5.70. The minimum absolute atomic E-state index is 0.129. The zero-order chi connectivity index (χ0) is 10.8. The van der Waals surface area contributed by atoms with Gasteiger partial charge in [-0.3, -0.25) is 0 Å². The lowest BCUT2D eigenvalue weighted by molar-refractivity contribution is 0.498. The van der Waals surface area contributed by atoms with Crippen molar-refractivity contribution in [3.8, 4) is 0 Å². The Morgan fingerprint density at radius 2 is 2.00 bits per heavy atom. The van der Waals surface area contributed by atoms with Crippen molar-refractivity contribution >= 4 is 0 Å². The first-order chi connectivity index (χ1) is 6.49. The molecule has 3 nitrogen and oxygen atoms in total. The lowest BCUT2D eigenvalue weighted by Gasteiger charge is -2.21. The number of hydrogen-bond acceptors (Lipinski definition) is 3. The molecule has 78 valence electrons. The molecule has 0 fully saturated rings. The molecule has 1 rings (SSSR count). The summed E-state index contributed by atoms with van der Waals surface area (Å²) in [6, 6.07) is 2.02. The Morgan fingerprint density at radius 1 is 1.36 bits per heavy atom. The quantitative estimate of drug-likeness (QED) is 0.793. The normalized spacial score (nSPS) is 11.8. The minimum Gasteiger partial charge on any atom is -0.329 e. The van der Waals surface area contributed by atoms with Crippen LogP contribution in [-0.2, 0) is 11.8 Å². The molecular weight excluding hydrogens is 174 g/mol. The van der Waals surface area contributed by atoms with E-state index in [-0.39, 0.29) is 5.41 Å². The molecule has 14 heavy (non-hydrogen) atoms. The fourth-order valence-corrected chi connectivity index (χ4v) is 1.21. The van der Waals surface area contributed by atoms with Gasteiger partial charge in [0, 0.05) is 23.3 Å². The number of nitrogens with two attached hydrogens (primary N) is 1. The fourth-order valence-electron chi connectivity index (χ4n) is 1.21. The Kier molecular flexibility index (Phi) is 3.21. The summed E-state index contributed by atoms with van der Waals surface area (Å²) in [5.41, 5.74) is 7.68. The van der Waals surface area contributed by atoms with Gasteiger partial charge in [-0.1, -0.05) is 20.8 Å². The van der Waals surface area contributed by atoms with Gasteiger partial charge in [0.25, 0.3) is 0 Å². The van der Waals surface area contributed by atoms with Crippen LogP contribution < -0.4 is 5.73 Å². The van der Waals surface area contributed by atoms with E-state index in [0.29, 0.717) is 6.54 Å². The molecule has 0 amide bonds. The summed E-state index contributed by atoms with van der Waals surface area (Å²) < 4.78 is 0. The summed E-state index contributed by atoms with van der Waals surface area (Å²) in [4.78, 5) is 8.94. The first-order valence-corrected chi connectivity index (χ1v) is 5.04. The Hall–Kier alpha value is -0.960. The second-order valence-corrected chi connectivity index (χ2v) is 4.27. The molecule has 0 aliphatic heterocycles. The molecule has 0 bridgehead atoms. The smallest absolute Gasteiger partial charge is 0.135 e. The predicted molar refractivity (Wildman–Crippen MR) is 58.2 cm³/mol. The maximum absolute atomic E-state index is 5.70. The number of hydrogen-bond donors (Lipinski definition) is 1. The first kappa shape index (κ1) is 11.1. The number of aromatic nitrogens is 2. The van der Waals surface area contributed by atoms with Crippen LogP contribution in [0.25, 0.3) is 0 Å². The highest BCUT2D eigenvalue weighted by atomic mass is 14.9. The maximum Gasteiger partial charge on any atom is 0.135 e. The standard InChI is InChI=1S/C11H19N3/c1-5-9-6-8(2)13-10(14-9)11(3,4)7-12/h6H,5,7,12H2,1-4H3. The highest BCUT2D eigenvalue weighted by Gasteiger charge is 2.22. The summed E-state index contributed by atoms with van der Waals surface area (Å²) >= 11 is 0. The lowest BCUT2D eigenvalue weighted by Crippen LogP contribution is -2.31. The van der Waals surface area contributed by atoms with E-state index in [1.54, 1.807) is 0 Å². The molecular formula is C11H19N3. The van der Waals surface area contributed by atoms with E-state index < -0.39 is 0 Å². The van der Waals surface area contributed by atoms with Crippen LogP contribution in [0.1, 0.15) is 38.0 Å². The average Bonchev–Trinajstić information content (AvgIpc) is 2.16. The van der Waals surface area contributed by atoms with Gasteiger partial charge in [0.1, 0.15) is 5.82 Å². The largest absolute Gasteiger partial charge is 0.329 e. The fraction of sp³-hybridized carbons (Fsp3) is 0.636. The second kappa shape index (κ2) is 4.05. The average molecular weight is 193 g/mol. The highest BCUT2D eigenvalue weighted by Crippen LogP contribution is 2.18. The van der Waals surface area contributed by atoms with Crippen LogP contribution in [0.15, 0.2) is 6.07 Å². The Bertz CT molecular complexity index is 318. The molecule has 0 radical (unpaired) electrons. The van der Waals surface area contributed by atoms with E-state index in [4.69, 9.17) is 5.73 Å². The molecule has 3 heteroatoms. The zero-order valence-electron chi connectivity index (χ0n) is 9.46. The Morgan fingerprint density at radius 3 is 2.50 bits per heavy atom. The van der Waals surface area contributed by atoms with E-state index in [2.05, 4.69) is 30.7 Å². The van der Waals surface area contributed by atoms with Gasteiger partial charge >= 0.3 is 0 Å². The van der Waals surface area contributed by atoms with Crippen LogP contribution in [-0.4, -0.2) is 16.5 Å². The van der Waals surface area contributed by atoms with Gasteiger partial charge in [-0.2, -0.15) is 0 Å². The van der Waals surface area contributed by atoms with Crippen LogP contribution in [0.5, 0.6) is 0 Å². The van der Waals surface area contributed by atoms with Gasteiger partial charge in [0.05, 0.1) is 0 Å². The van der Waals surface area contributed by atoms with Gasteiger partial charge in [0.15, 0.2) is 0 Å². The Balaban J connectivity index is 3.15. The molecule has 1 heterocycles. The van der Waals surface area contributed by atoms with Crippen molar-refractivity contribution in [2.45, 2.75) is 39.5 Å². The van der Waals surface area contributed by atoms with Gasteiger partial charge < -0.3 is 5.73 Å². The molecule has 0 atom stereocenters. The van der Waals surface area contributed by atoms with Crippen LogP contribution in [0.3, 0.4) is 0 Å². The highest BCUT2D eigenvalue weighted by molar-refractivity contribution is 5.15. The van der Waals surface area contributed by atoms with Crippen molar-refractivity contribution in [3.63, 3.8) is 0 Å². The molecule has 0 spiro atoms. The number of aryl methyl sites for hydroxylation is 2. The van der Waals surface area contributed by atoms with Crippen LogP contribution in [0, 0.1) is 6.92 Å². The van der Waals surface area contributed by atoms with E-state index in [9.17, 15) is 0 Å². The molecule has 0 unspecified atom stereocenters. The molecule has 2 N–H and O–H groups in total. The lowest BCUT2D eigenvalue weighted by atomic mass is 9.92. The summed E-state index contributed by atoms with van der Waals surface area (Å²) in [7, 11) is 0. The molecule has 1 aromatic rings. The van der Waals surface area contributed by atoms with Crippen LogP contribution in [0.4, 0.5) is 0 Å². The van der Waals surface area contributed by atoms with Crippen molar-refractivity contribution in [2.75, 3.05) is 6.54 Å². The predicted octanol–water partition coefficient (Wildman–Crippen LogP) is 1.58. The molecule has 0 saturated heterocycles. The van der Waals surface area contributed by atoms with Crippen molar-refractivity contribution in [2.24, 2.45) is 5.73 Å². The Labute approximate surface area is 85.8 Å². The van der Waals surface area contributed by atoms with E-state index >= 15 is 0 Å². The van der Waals surface area contributed by atoms with Gasteiger partial charge in [-0.25, -0.2) is 9.97 Å². The molecule has 0 aromatic carbocycles. The second-order valence-electron chi connectivity index (χ2n) is 4.27. The third kappa shape index (κ3) is 2.29. The molecule has 0 saturated carbocycles. The third-order valence-electron chi connectivity index (χ3n) is 2.39. The van der Waals surface area contributed by atoms with Gasteiger partial charge in [-0.15, -0.1) is 0 Å².